The van der Waals surface area contributed by atoms with Crippen LogP contribution in [0.1, 0.15) is 73.2 Å². The number of aryl methyl sites for hydroxylation is 2. The van der Waals surface area contributed by atoms with Crippen molar-refractivity contribution in [1.82, 2.24) is 9.13 Å². The van der Waals surface area contributed by atoms with Crippen LogP contribution < -0.4 is 4.90 Å². The third-order valence-electron chi connectivity index (χ3n) is 15.6. The average molecular weight is 944 g/mol. The summed E-state index contributed by atoms with van der Waals surface area (Å²) in [6.07, 6.45) is 3.16. The van der Waals surface area contributed by atoms with Gasteiger partial charge in [-0.1, -0.05) is 188 Å². The lowest BCUT2D eigenvalue weighted by molar-refractivity contribution is 0.422. The van der Waals surface area contributed by atoms with Gasteiger partial charge in [0.25, 0.3) is 0 Å². The van der Waals surface area contributed by atoms with Crippen LogP contribution in [0.5, 0.6) is 0 Å². The summed E-state index contributed by atoms with van der Waals surface area (Å²) in [5.74, 6) is 0.737. The zero-order valence-corrected chi connectivity index (χ0v) is 42.3. The molecule has 73 heavy (non-hydrogen) atoms. The number of rotatable bonds is 14. The van der Waals surface area contributed by atoms with Crippen molar-refractivity contribution < 1.29 is 0 Å². The van der Waals surface area contributed by atoms with Crippen LogP contribution in [0.2, 0.25) is 0 Å². The Morgan fingerprint density at radius 2 is 0.699 bits per heavy atom. The summed E-state index contributed by atoms with van der Waals surface area (Å²) >= 11 is 0. The first-order chi connectivity index (χ1) is 35.9. The largest absolute Gasteiger partial charge is 0.338 e. The molecule has 0 spiro atoms. The summed E-state index contributed by atoms with van der Waals surface area (Å²) in [4.78, 5) is 2.34. The van der Waals surface area contributed by atoms with Crippen LogP contribution in [0.3, 0.4) is 0 Å². The minimum Gasteiger partial charge on any atom is -0.338 e. The second-order valence-corrected chi connectivity index (χ2v) is 20.2. The maximum Gasteiger partial charge on any atom is 0.0541 e. The van der Waals surface area contributed by atoms with Crippen LogP contribution >= 0.6 is 0 Å². The molecule has 2 aromatic heterocycles. The molecule has 10 aromatic carbocycles. The van der Waals surface area contributed by atoms with E-state index in [-0.39, 0.29) is 6.04 Å². The van der Waals surface area contributed by atoms with E-state index in [2.05, 4.69) is 284 Å². The molecule has 12 rings (SSSR count). The van der Waals surface area contributed by atoms with Gasteiger partial charge in [-0.2, -0.15) is 0 Å². The fourth-order valence-electron chi connectivity index (χ4n) is 11.7. The van der Waals surface area contributed by atoms with Gasteiger partial charge in [-0.05, 0) is 158 Å². The molecule has 3 atom stereocenters. The monoisotopic (exact) mass is 943 g/mol. The minimum absolute atomic E-state index is 0.277. The van der Waals surface area contributed by atoms with Crippen molar-refractivity contribution in [2.24, 2.45) is 0 Å². The standard InChI is InChI=1S/C70H61N3/c1-5-51(52-26-28-53(29-27-52)55-34-42-61(43-35-55)72(59-38-22-48(2)23-39-59)60-40-24-49(3)25-41-60)47-58(46-50(4)71-67-18-10-6-14-63(67)64-15-7-11-19-68(64)71)57-32-30-54(31-33-57)56-36-44-62(45-37-56)73-69-20-12-8-16-65(69)66-17-9-13-21-70(66)73/h6-45,50-51,58H,5,46-47H2,1-4H3. The van der Waals surface area contributed by atoms with Gasteiger partial charge in [0.05, 0.1) is 11.0 Å². The molecule has 0 bridgehead atoms. The van der Waals surface area contributed by atoms with Crippen molar-refractivity contribution in [3.63, 3.8) is 0 Å². The van der Waals surface area contributed by atoms with Crippen molar-refractivity contribution >= 4 is 60.7 Å². The van der Waals surface area contributed by atoms with E-state index < -0.39 is 0 Å². The van der Waals surface area contributed by atoms with Gasteiger partial charge >= 0.3 is 0 Å². The predicted octanol–water partition coefficient (Wildman–Crippen LogP) is 19.6. The van der Waals surface area contributed by atoms with E-state index in [1.807, 2.05) is 0 Å². The predicted molar refractivity (Wildman–Crippen MR) is 311 cm³/mol. The lowest BCUT2D eigenvalue weighted by Gasteiger charge is -2.28. The molecule has 356 valence electrons. The summed E-state index contributed by atoms with van der Waals surface area (Å²) in [7, 11) is 0. The lowest BCUT2D eigenvalue weighted by atomic mass is 9.80. The van der Waals surface area contributed by atoms with Gasteiger partial charge in [0.1, 0.15) is 0 Å². The number of para-hydroxylation sites is 4. The second kappa shape index (κ2) is 19.7. The zero-order chi connectivity index (χ0) is 49.4. The molecular weight excluding hydrogens is 883 g/mol. The molecule has 0 N–H and O–H groups in total. The van der Waals surface area contributed by atoms with Gasteiger partial charge in [0, 0.05) is 61.4 Å². The Hall–Kier alpha value is -8.40. The van der Waals surface area contributed by atoms with E-state index in [0.717, 1.165) is 36.3 Å². The maximum atomic E-state index is 2.60. The number of hydrogen-bond donors (Lipinski definition) is 0. The number of anilines is 3. The molecule has 0 aliphatic carbocycles. The van der Waals surface area contributed by atoms with Crippen LogP contribution in [0.25, 0.3) is 71.6 Å². The molecule has 3 unspecified atom stereocenters. The van der Waals surface area contributed by atoms with E-state index in [0.29, 0.717) is 11.8 Å². The van der Waals surface area contributed by atoms with E-state index in [4.69, 9.17) is 0 Å². The molecule has 2 heterocycles. The molecular formula is C70H61N3. The quantitative estimate of drug-likeness (QED) is 0.106. The number of benzene rings is 10. The fraction of sp³-hybridized carbons (Fsp3) is 0.143. The highest BCUT2D eigenvalue weighted by Gasteiger charge is 2.24. The van der Waals surface area contributed by atoms with Gasteiger partial charge in [-0.15, -0.1) is 0 Å². The van der Waals surface area contributed by atoms with E-state index in [1.54, 1.807) is 0 Å². The number of nitrogens with zero attached hydrogens (tertiary/aromatic N) is 3. The molecule has 0 amide bonds. The maximum absolute atomic E-state index is 2.60. The van der Waals surface area contributed by atoms with Crippen LogP contribution in [-0.4, -0.2) is 9.13 Å². The third-order valence-corrected chi connectivity index (χ3v) is 15.6. The fourth-order valence-corrected chi connectivity index (χ4v) is 11.7. The molecule has 0 saturated heterocycles. The summed E-state index contributed by atoms with van der Waals surface area (Å²) in [5.41, 5.74) is 19.9. The molecule has 3 nitrogen and oxygen atoms in total. The average Bonchev–Trinajstić information content (AvgIpc) is 3.97. The van der Waals surface area contributed by atoms with Crippen LogP contribution in [-0.2, 0) is 0 Å². The van der Waals surface area contributed by atoms with E-state index >= 15 is 0 Å². The van der Waals surface area contributed by atoms with E-state index in [9.17, 15) is 0 Å². The highest BCUT2D eigenvalue weighted by Crippen LogP contribution is 2.42. The molecule has 12 aromatic rings. The Bertz CT molecular complexity index is 3690. The van der Waals surface area contributed by atoms with Crippen molar-refractivity contribution in [3.05, 3.63) is 265 Å². The SMILES string of the molecule is CCC(CC(CC(C)n1c2ccccc2c2ccccc21)c1ccc(-c2ccc(-n3c4ccccc4c4ccccc43)cc2)cc1)c1ccc(-c2ccc(N(c3ccc(C)cc3)c3ccc(C)cc3)cc2)cc1. The van der Waals surface area contributed by atoms with Gasteiger partial charge in [-0.25, -0.2) is 0 Å². The first-order valence-electron chi connectivity index (χ1n) is 26.2. The normalized spacial score (nSPS) is 12.9. The molecule has 0 radical (unpaired) electrons. The van der Waals surface area contributed by atoms with E-state index in [1.165, 1.54) is 93.8 Å². The lowest BCUT2D eigenvalue weighted by Crippen LogP contribution is -2.13. The Labute approximate surface area is 430 Å². The van der Waals surface area contributed by atoms with Gasteiger partial charge < -0.3 is 14.0 Å². The molecule has 0 saturated carbocycles. The number of aromatic nitrogens is 2. The van der Waals surface area contributed by atoms with Crippen molar-refractivity contribution in [2.75, 3.05) is 4.90 Å². The minimum atomic E-state index is 0.277. The van der Waals surface area contributed by atoms with Gasteiger partial charge in [0.2, 0.25) is 0 Å². The Balaban J connectivity index is 0.833. The highest BCUT2D eigenvalue weighted by atomic mass is 15.1. The third kappa shape index (κ3) is 8.80. The summed E-state index contributed by atoms with van der Waals surface area (Å²) in [6.45, 7) is 9.08. The summed E-state index contributed by atoms with van der Waals surface area (Å²) < 4.78 is 5.00. The topological polar surface area (TPSA) is 13.1 Å². The summed E-state index contributed by atoms with van der Waals surface area (Å²) in [6, 6.07) is 90.4. The first-order valence-corrected chi connectivity index (χ1v) is 26.2. The van der Waals surface area contributed by atoms with Gasteiger partial charge in [0.15, 0.2) is 0 Å². The van der Waals surface area contributed by atoms with Crippen LogP contribution in [0.4, 0.5) is 17.1 Å². The van der Waals surface area contributed by atoms with Crippen LogP contribution in [0, 0.1) is 13.8 Å². The van der Waals surface area contributed by atoms with Crippen molar-refractivity contribution in [1.29, 1.82) is 0 Å². The molecule has 0 aliphatic rings. The van der Waals surface area contributed by atoms with Crippen molar-refractivity contribution in [2.45, 2.75) is 64.8 Å². The molecule has 0 fully saturated rings. The first kappa shape index (κ1) is 45.7. The Kier molecular flexibility index (Phi) is 12.3. The van der Waals surface area contributed by atoms with Crippen LogP contribution in [0.15, 0.2) is 243 Å². The Morgan fingerprint density at radius 3 is 1.12 bits per heavy atom. The van der Waals surface area contributed by atoms with Gasteiger partial charge in [-0.3, -0.25) is 0 Å². The highest BCUT2D eigenvalue weighted by molar-refractivity contribution is 6.09. The second-order valence-electron chi connectivity index (χ2n) is 20.2. The molecule has 0 aliphatic heterocycles. The molecule has 3 heteroatoms. The number of fused-ring (bicyclic) bond motifs is 6. The summed E-state index contributed by atoms with van der Waals surface area (Å²) in [5, 5.41) is 5.21. The Morgan fingerprint density at radius 1 is 0.356 bits per heavy atom. The zero-order valence-electron chi connectivity index (χ0n) is 42.3. The van der Waals surface area contributed by atoms with Crippen molar-refractivity contribution in [3.8, 4) is 27.9 Å². The number of hydrogen-bond acceptors (Lipinski definition) is 1. The smallest absolute Gasteiger partial charge is 0.0541 e.